The third-order valence-electron chi connectivity index (χ3n) is 1.25. The van der Waals surface area contributed by atoms with E-state index in [2.05, 4.69) is 0 Å². The van der Waals surface area contributed by atoms with Crippen LogP contribution in [0.3, 0.4) is 0 Å². The van der Waals surface area contributed by atoms with Crippen molar-refractivity contribution in [2.75, 3.05) is 20.3 Å². The molecule has 4 nitrogen and oxygen atoms in total. The van der Waals surface area contributed by atoms with Crippen molar-refractivity contribution < 1.29 is 19.7 Å². The molecule has 2 atom stereocenters. The number of hydrogen-bond donors (Lipinski definition) is 2. The van der Waals surface area contributed by atoms with Crippen LogP contribution in [0, 0.1) is 0 Å². The highest BCUT2D eigenvalue weighted by Crippen LogP contribution is 2.17. The maximum atomic E-state index is 10.6. The van der Waals surface area contributed by atoms with Crippen molar-refractivity contribution in [3.63, 3.8) is 0 Å². The molecule has 0 fully saturated rings. The van der Waals surface area contributed by atoms with Crippen LogP contribution in [0.1, 0.15) is 6.92 Å². The van der Waals surface area contributed by atoms with Gasteiger partial charge >= 0.3 is 5.97 Å². The lowest BCUT2D eigenvalue weighted by Crippen LogP contribution is -2.25. The highest BCUT2D eigenvalue weighted by atomic mass is 32.2. The molecule has 0 radical (unpaired) electrons. The summed E-state index contributed by atoms with van der Waals surface area (Å²) in [5.74, 6) is -0.901. The summed E-state index contributed by atoms with van der Waals surface area (Å²) in [6.45, 7) is 1.93. The molecule has 0 aromatic heterocycles. The average Bonchev–Trinajstić information content (AvgIpc) is 2.03. The molecule has 0 aromatic rings. The van der Waals surface area contributed by atoms with Crippen LogP contribution in [0.2, 0.25) is 0 Å². The molecule has 2 unspecified atom stereocenters. The number of carboxylic acids is 1. The van der Waals surface area contributed by atoms with Crippen molar-refractivity contribution in [2.24, 2.45) is 0 Å². The number of aliphatic hydroxyl groups excluding tert-OH is 1. The van der Waals surface area contributed by atoms with E-state index in [1.807, 2.05) is 0 Å². The molecule has 0 aliphatic rings. The molecule has 0 saturated heterocycles. The fourth-order valence-electron chi connectivity index (χ4n) is 0.644. The molecule has 0 aliphatic carbocycles. The number of hydrogen-bond acceptors (Lipinski definition) is 4. The summed E-state index contributed by atoms with van der Waals surface area (Å²) >= 11 is 1.20. The van der Waals surface area contributed by atoms with Crippen LogP contribution < -0.4 is 0 Å². The van der Waals surface area contributed by atoms with Gasteiger partial charge in [0.1, 0.15) is 5.25 Å². The summed E-state index contributed by atoms with van der Waals surface area (Å²) in [6.07, 6.45) is 0. The highest BCUT2D eigenvalue weighted by Gasteiger charge is 2.20. The van der Waals surface area contributed by atoms with Gasteiger partial charge in [0.05, 0.1) is 13.2 Å². The molecule has 0 rings (SSSR count). The normalized spacial score (nSPS) is 15.6. The van der Waals surface area contributed by atoms with Crippen LogP contribution in [0.4, 0.5) is 0 Å². The zero-order chi connectivity index (χ0) is 9.56. The highest BCUT2D eigenvalue weighted by molar-refractivity contribution is 8.01. The summed E-state index contributed by atoms with van der Waals surface area (Å²) in [5, 5.41) is 16.7. The van der Waals surface area contributed by atoms with E-state index in [-0.39, 0.29) is 18.5 Å². The predicted molar refractivity (Wildman–Crippen MR) is 47.4 cm³/mol. The zero-order valence-corrected chi connectivity index (χ0v) is 8.00. The van der Waals surface area contributed by atoms with E-state index in [4.69, 9.17) is 14.9 Å². The van der Waals surface area contributed by atoms with E-state index >= 15 is 0 Å². The molecule has 0 amide bonds. The van der Waals surface area contributed by atoms with E-state index in [0.717, 1.165) is 0 Å². The first-order valence-electron chi connectivity index (χ1n) is 3.59. The molecule has 5 heteroatoms. The van der Waals surface area contributed by atoms with Gasteiger partial charge in [-0.1, -0.05) is 6.92 Å². The molecule has 12 heavy (non-hydrogen) atoms. The largest absolute Gasteiger partial charge is 0.480 e. The minimum Gasteiger partial charge on any atom is -0.480 e. The number of carboxylic acid groups (broad SMARTS) is 1. The van der Waals surface area contributed by atoms with Gasteiger partial charge in [0.2, 0.25) is 0 Å². The second kappa shape index (κ2) is 6.28. The van der Waals surface area contributed by atoms with Gasteiger partial charge in [0.15, 0.2) is 0 Å². The van der Waals surface area contributed by atoms with Gasteiger partial charge in [-0.05, 0) is 0 Å². The van der Waals surface area contributed by atoms with Gasteiger partial charge in [-0.15, -0.1) is 11.8 Å². The third kappa shape index (κ3) is 4.58. The van der Waals surface area contributed by atoms with Gasteiger partial charge in [-0.25, -0.2) is 0 Å². The summed E-state index contributed by atoms with van der Waals surface area (Å²) in [6, 6.07) is 0. The summed E-state index contributed by atoms with van der Waals surface area (Å²) in [4.78, 5) is 10.6. The minimum atomic E-state index is -0.901. The van der Waals surface area contributed by atoms with Crippen molar-refractivity contribution in [3.8, 4) is 0 Å². The number of ether oxygens (including phenoxy) is 1. The van der Waals surface area contributed by atoms with E-state index in [1.165, 1.54) is 18.9 Å². The van der Waals surface area contributed by atoms with Crippen molar-refractivity contribution in [3.05, 3.63) is 0 Å². The standard InChI is InChI=1S/C7H14O4S/c1-5(3-8)12-6(4-11-2)7(9)10/h5-6,8H,3-4H2,1-2H3,(H,9,10). The van der Waals surface area contributed by atoms with Crippen LogP contribution >= 0.6 is 11.8 Å². The lowest BCUT2D eigenvalue weighted by atomic mass is 10.4. The Hall–Kier alpha value is -0.260. The Bertz CT molecular complexity index is 139. The van der Waals surface area contributed by atoms with Crippen molar-refractivity contribution in [1.82, 2.24) is 0 Å². The molecule has 2 N–H and O–H groups in total. The average molecular weight is 194 g/mol. The number of carbonyl (C=O) groups is 1. The Morgan fingerprint density at radius 3 is 2.58 bits per heavy atom. The Morgan fingerprint density at radius 2 is 2.25 bits per heavy atom. The number of rotatable bonds is 6. The second-order valence-corrected chi connectivity index (χ2v) is 4.06. The first kappa shape index (κ1) is 11.7. The van der Waals surface area contributed by atoms with Gasteiger partial charge in [0.25, 0.3) is 0 Å². The Kier molecular flexibility index (Phi) is 6.14. The number of methoxy groups -OCH3 is 1. The number of aliphatic carboxylic acids is 1. The Morgan fingerprint density at radius 1 is 1.67 bits per heavy atom. The third-order valence-corrected chi connectivity index (χ3v) is 2.53. The fraction of sp³-hybridized carbons (Fsp3) is 0.857. The lowest BCUT2D eigenvalue weighted by Gasteiger charge is -2.14. The molecule has 0 aromatic carbocycles. The van der Waals surface area contributed by atoms with Gasteiger partial charge in [0, 0.05) is 12.4 Å². The van der Waals surface area contributed by atoms with Crippen LogP contribution in [0.25, 0.3) is 0 Å². The Balaban J connectivity index is 3.86. The second-order valence-electron chi connectivity index (χ2n) is 2.41. The summed E-state index contributed by atoms with van der Waals surface area (Å²) < 4.78 is 4.73. The fourth-order valence-corrected chi connectivity index (χ4v) is 1.62. The SMILES string of the molecule is COCC(SC(C)CO)C(=O)O. The van der Waals surface area contributed by atoms with Gasteiger partial charge < -0.3 is 14.9 Å². The summed E-state index contributed by atoms with van der Waals surface area (Å²) in [7, 11) is 1.46. The number of thioether (sulfide) groups is 1. The molecule has 72 valence electrons. The monoisotopic (exact) mass is 194 g/mol. The predicted octanol–water partition coefficient (Wildman–Crippen LogP) is 0.200. The Labute approximate surface area is 75.9 Å². The lowest BCUT2D eigenvalue weighted by molar-refractivity contribution is -0.137. The molecule has 0 aliphatic heterocycles. The maximum Gasteiger partial charge on any atom is 0.319 e. The number of aliphatic hydroxyl groups is 1. The minimum absolute atomic E-state index is 0.0157. The van der Waals surface area contributed by atoms with E-state index in [9.17, 15) is 4.79 Å². The van der Waals surface area contributed by atoms with Gasteiger partial charge in [-0.3, -0.25) is 4.79 Å². The van der Waals surface area contributed by atoms with Crippen LogP contribution in [0.5, 0.6) is 0 Å². The topological polar surface area (TPSA) is 66.8 Å². The summed E-state index contributed by atoms with van der Waals surface area (Å²) in [5.41, 5.74) is 0. The van der Waals surface area contributed by atoms with E-state index in [1.54, 1.807) is 6.92 Å². The zero-order valence-electron chi connectivity index (χ0n) is 7.19. The van der Waals surface area contributed by atoms with E-state index < -0.39 is 11.2 Å². The maximum absolute atomic E-state index is 10.6. The molecule has 0 heterocycles. The van der Waals surface area contributed by atoms with Gasteiger partial charge in [-0.2, -0.15) is 0 Å². The first-order chi connectivity index (χ1) is 5.61. The van der Waals surface area contributed by atoms with Crippen LogP contribution in [-0.4, -0.2) is 47.0 Å². The first-order valence-corrected chi connectivity index (χ1v) is 4.54. The smallest absolute Gasteiger partial charge is 0.319 e. The molecule has 0 saturated carbocycles. The van der Waals surface area contributed by atoms with Crippen molar-refractivity contribution >= 4 is 17.7 Å². The van der Waals surface area contributed by atoms with Crippen molar-refractivity contribution in [2.45, 2.75) is 17.4 Å². The van der Waals surface area contributed by atoms with E-state index in [0.29, 0.717) is 0 Å². The van der Waals surface area contributed by atoms with Crippen LogP contribution in [0.15, 0.2) is 0 Å². The molecular weight excluding hydrogens is 180 g/mol. The quantitative estimate of drug-likeness (QED) is 0.632. The van der Waals surface area contributed by atoms with Crippen molar-refractivity contribution in [1.29, 1.82) is 0 Å². The molecule has 0 bridgehead atoms. The molecule has 0 spiro atoms. The molecular formula is C7H14O4S. The van der Waals surface area contributed by atoms with Crippen LogP contribution in [-0.2, 0) is 9.53 Å².